The van der Waals surface area contributed by atoms with Gasteiger partial charge in [-0.25, -0.2) is 4.90 Å². The molecule has 0 aliphatic carbocycles. The van der Waals surface area contributed by atoms with Crippen molar-refractivity contribution in [3.63, 3.8) is 0 Å². The maximum absolute atomic E-state index is 13.3. The monoisotopic (exact) mass is 427 g/mol. The topological polar surface area (TPSA) is 83.7 Å². The second kappa shape index (κ2) is 6.44. The minimum absolute atomic E-state index is 0.172. The van der Waals surface area contributed by atoms with Gasteiger partial charge in [-0.2, -0.15) is 13.2 Å². The van der Waals surface area contributed by atoms with Crippen molar-refractivity contribution in [2.45, 2.75) is 18.3 Å². The predicted octanol–water partition coefficient (Wildman–Crippen LogP) is 2.58. The van der Waals surface area contributed by atoms with E-state index in [9.17, 15) is 27.6 Å². The molecule has 2 saturated heterocycles. The van der Waals surface area contributed by atoms with Gasteiger partial charge in [0.05, 0.1) is 29.1 Å². The number of nitrogens with zero attached hydrogens (tertiary/aromatic N) is 2. The highest BCUT2D eigenvalue weighted by Gasteiger charge is 2.64. The minimum Gasteiger partial charge on any atom is -0.368 e. The number of carbonyl (C=O) groups excluding carboxylic acids is 3. The number of hydrogen-bond donors (Lipinski definition) is 1. The summed E-state index contributed by atoms with van der Waals surface area (Å²) in [6.07, 6.45) is -1.08. The largest absolute Gasteiger partial charge is 0.416 e. The molecule has 2 fully saturated rings. The van der Waals surface area contributed by atoms with Crippen LogP contribution in [-0.2, 0) is 20.6 Å². The van der Waals surface area contributed by atoms with Gasteiger partial charge in [0.2, 0.25) is 17.7 Å². The molecule has 4 atom stereocenters. The lowest BCUT2D eigenvalue weighted by atomic mass is 9.88. The van der Waals surface area contributed by atoms with Crippen molar-refractivity contribution in [3.05, 3.63) is 65.7 Å². The van der Waals surface area contributed by atoms with Gasteiger partial charge in [0, 0.05) is 5.69 Å². The van der Waals surface area contributed by atoms with Gasteiger partial charge in [-0.05, 0) is 29.8 Å². The first-order valence-corrected chi connectivity index (χ1v) is 9.60. The molecule has 0 saturated carbocycles. The quantitative estimate of drug-likeness (QED) is 0.747. The molecule has 0 aromatic heterocycles. The third kappa shape index (κ3) is 2.69. The van der Waals surface area contributed by atoms with Gasteiger partial charge in [0.15, 0.2) is 0 Å². The number of amides is 3. The number of rotatable bonds is 2. The van der Waals surface area contributed by atoms with Crippen molar-refractivity contribution in [2.24, 2.45) is 17.6 Å². The van der Waals surface area contributed by atoms with Crippen LogP contribution in [-0.4, -0.2) is 29.8 Å². The van der Waals surface area contributed by atoms with Crippen LogP contribution >= 0.6 is 0 Å². The number of imide groups is 1. The molecule has 6 nitrogen and oxygen atoms in total. The van der Waals surface area contributed by atoms with Crippen molar-refractivity contribution < 1.29 is 27.6 Å². The second-order valence-electron chi connectivity index (χ2n) is 7.77. The molecule has 3 amide bonds. The van der Waals surface area contributed by atoms with E-state index in [1.807, 2.05) is 18.2 Å². The van der Waals surface area contributed by atoms with E-state index in [0.717, 1.165) is 28.7 Å². The van der Waals surface area contributed by atoms with Crippen LogP contribution in [0.25, 0.3) is 6.08 Å². The fourth-order valence-electron chi connectivity index (χ4n) is 4.91. The summed E-state index contributed by atoms with van der Waals surface area (Å²) in [6.45, 7) is 0. The average Bonchev–Trinajstić information content (AvgIpc) is 3.21. The van der Waals surface area contributed by atoms with Gasteiger partial charge in [-0.15, -0.1) is 0 Å². The molecule has 2 aromatic carbocycles. The van der Waals surface area contributed by atoms with Crippen LogP contribution in [0.3, 0.4) is 0 Å². The Hall–Kier alpha value is -3.62. The highest BCUT2D eigenvalue weighted by molar-refractivity contribution is 6.24. The Morgan fingerprint density at radius 3 is 2.39 bits per heavy atom. The Morgan fingerprint density at radius 2 is 1.68 bits per heavy atom. The molecule has 2 N–H and O–H groups in total. The van der Waals surface area contributed by atoms with E-state index in [1.165, 1.54) is 6.07 Å². The van der Waals surface area contributed by atoms with Crippen LogP contribution in [0.1, 0.15) is 11.1 Å². The van der Waals surface area contributed by atoms with E-state index < -0.39 is 53.4 Å². The van der Waals surface area contributed by atoms with E-state index in [0.29, 0.717) is 5.69 Å². The molecule has 0 spiro atoms. The molecule has 3 heterocycles. The van der Waals surface area contributed by atoms with Gasteiger partial charge in [-0.1, -0.05) is 36.4 Å². The van der Waals surface area contributed by atoms with E-state index >= 15 is 0 Å². The summed E-state index contributed by atoms with van der Waals surface area (Å²) in [5, 5.41) is 0. The summed E-state index contributed by atoms with van der Waals surface area (Å²) in [6, 6.07) is 9.57. The van der Waals surface area contributed by atoms with Gasteiger partial charge in [-0.3, -0.25) is 14.4 Å². The second-order valence-corrected chi connectivity index (χ2v) is 7.77. The van der Waals surface area contributed by atoms with E-state index in [4.69, 9.17) is 5.73 Å². The number of fused-ring (bicyclic) bond motifs is 5. The number of anilines is 2. The Bertz CT molecular complexity index is 1160. The first-order chi connectivity index (χ1) is 14.7. The average molecular weight is 427 g/mol. The van der Waals surface area contributed by atoms with Crippen molar-refractivity contribution in [1.29, 1.82) is 0 Å². The van der Waals surface area contributed by atoms with Gasteiger partial charge < -0.3 is 10.6 Å². The Morgan fingerprint density at radius 1 is 0.968 bits per heavy atom. The zero-order valence-electron chi connectivity index (χ0n) is 15.9. The molecule has 2 aromatic rings. The number of benzene rings is 2. The van der Waals surface area contributed by atoms with E-state index in [-0.39, 0.29) is 5.69 Å². The SMILES string of the molecule is NC(=O)[C@@H]1[C@@H]2C(=O)N(c3cccc(C(F)(F)F)c3)C(=O)[C@@H]2[C@H]2C=Cc3ccccc3N21. The van der Waals surface area contributed by atoms with E-state index in [1.54, 1.807) is 23.1 Å². The summed E-state index contributed by atoms with van der Waals surface area (Å²) in [4.78, 5) is 41.5. The molecule has 5 rings (SSSR count). The number of halogens is 3. The number of hydrogen-bond acceptors (Lipinski definition) is 4. The van der Waals surface area contributed by atoms with E-state index in [2.05, 4.69) is 0 Å². The minimum atomic E-state index is -4.62. The summed E-state index contributed by atoms with van der Waals surface area (Å²) >= 11 is 0. The molecule has 3 aliphatic heterocycles. The van der Waals surface area contributed by atoms with Gasteiger partial charge >= 0.3 is 6.18 Å². The molecule has 9 heteroatoms. The van der Waals surface area contributed by atoms with Gasteiger partial charge in [0.1, 0.15) is 6.04 Å². The van der Waals surface area contributed by atoms with Crippen molar-refractivity contribution >= 4 is 35.2 Å². The molecule has 0 unspecified atom stereocenters. The lowest BCUT2D eigenvalue weighted by molar-refractivity contribution is -0.137. The predicted molar refractivity (Wildman–Crippen MR) is 106 cm³/mol. The third-order valence-corrected chi connectivity index (χ3v) is 6.14. The standard InChI is InChI=1S/C22H16F3N3O3/c23-22(24,25)12-5-3-6-13(10-12)27-20(30)16-15-9-8-11-4-1-2-7-14(11)28(15)18(19(26)29)17(16)21(27)31/h1-10,15-18H,(H2,26,29)/t15-,16-,17-,18+/m1/s1. The maximum Gasteiger partial charge on any atom is 0.416 e. The number of primary amides is 1. The number of carbonyl (C=O) groups is 3. The number of alkyl halides is 3. The normalized spacial score (nSPS) is 26.7. The van der Waals surface area contributed by atoms with Crippen LogP contribution in [0.5, 0.6) is 0 Å². The summed E-state index contributed by atoms with van der Waals surface area (Å²) in [5.74, 6) is -4.14. The Labute approximate surface area is 174 Å². The fraction of sp³-hybridized carbons (Fsp3) is 0.227. The molecule has 3 aliphatic rings. The third-order valence-electron chi connectivity index (χ3n) is 6.14. The van der Waals surface area contributed by atoms with Crippen LogP contribution in [0, 0.1) is 11.8 Å². The summed E-state index contributed by atoms with van der Waals surface area (Å²) in [5.41, 5.74) is 6.01. The Kier molecular flexibility index (Phi) is 4.02. The Balaban J connectivity index is 1.60. The molecule has 31 heavy (non-hydrogen) atoms. The smallest absolute Gasteiger partial charge is 0.368 e. The molecule has 0 bridgehead atoms. The number of nitrogens with two attached hydrogens (primary N) is 1. The summed E-state index contributed by atoms with van der Waals surface area (Å²) < 4.78 is 39.4. The molecule has 0 radical (unpaired) electrons. The van der Waals surface area contributed by atoms with Crippen molar-refractivity contribution in [3.8, 4) is 0 Å². The first-order valence-electron chi connectivity index (χ1n) is 9.60. The van der Waals surface area contributed by atoms with Crippen LogP contribution in [0.4, 0.5) is 24.5 Å². The van der Waals surface area contributed by atoms with Crippen LogP contribution < -0.4 is 15.5 Å². The first kappa shape index (κ1) is 19.3. The zero-order valence-corrected chi connectivity index (χ0v) is 15.9. The number of para-hydroxylation sites is 1. The van der Waals surface area contributed by atoms with Crippen molar-refractivity contribution in [1.82, 2.24) is 0 Å². The molecular formula is C22H16F3N3O3. The highest BCUT2D eigenvalue weighted by atomic mass is 19.4. The van der Waals surface area contributed by atoms with Crippen LogP contribution in [0.15, 0.2) is 54.6 Å². The fourth-order valence-corrected chi connectivity index (χ4v) is 4.91. The zero-order chi connectivity index (χ0) is 22.1. The summed E-state index contributed by atoms with van der Waals surface area (Å²) in [7, 11) is 0. The van der Waals surface area contributed by atoms with Gasteiger partial charge in [0.25, 0.3) is 0 Å². The van der Waals surface area contributed by atoms with Crippen molar-refractivity contribution in [2.75, 3.05) is 9.80 Å². The lowest BCUT2D eigenvalue weighted by Gasteiger charge is -2.35. The maximum atomic E-state index is 13.3. The molecular weight excluding hydrogens is 411 g/mol. The lowest BCUT2D eigenvalue weighted by Crippen LogP contribution is -2.50. The van der Waals surface area contributed by atoms with Crippen LogP contribution in [0.2, 0.25) is 0 Å². The highest BCUT2D eigenvalue weighted by Crippen LogP contribution is 2.49. The molecule has 158 valence electrons.